The largest absolute Gasteiger partial charge is 0.508 e. The van der Waals surface area contributed by atoms with Crippen LogP contribution in [0, 0.1) is 29.6 Å². The molecule has 0 radical (unpaired) electrons. The van der Waals surface area contributed by atoms with Crippen LogP contribution in [0.4, 0.5) is 0 Å². The number of aromatic amines is 1. The van der Waals surface area contributed by atoms with Crippen LogP contribution in [0.5, 0.6) is 5.75 Å². The highest BCUT2D eigenvalue weighted by Gasteiger charge is 2.47. The number of benzene rings is 1. The molecule has 4 heterocycles. The Morgan fingerprint density at radius 2 is 1.93 bits per heavy atom. The first-order valence-electron chi connectivity index (χ1n) is 19.2. The zero-order valence-corrected chi connectivity index (χ0v) is 32.1. The molecule has 2 saturated heterocycles. The first kappa shape index (κ1) is 38.7. The molecule has 288 valence electrons. The summed E-state index contributed by atoms with van der Waals surface area (Å²) in [7, 11) is 0. The summed E-state index contributed by atoms with van der Waals surface area (Å²) in [5.74, 6) is 10.9. The zero-order valence-electron chi connectivity index (χ0n) is 32.1. The number of carbonyl (C=O) groups excluding carboxylic acids is 2. The summed E-state index contributed by atoms with van der Waals surface area (Å²) < 4.78 is 26.5. The molecule has 7 rings (SSSR count). The van der Waals surface area contributed by atoms with Gasteiger partial charge in [-0.1, -0.05) is 50.5 Å². The molecule has 55 heavy (non-hydrogen) atoms. The average molecular weight is 748 g/mol. The number of allylic oxidation sites excluding steroid dienone is 4. The maximum absolute atomic E-state index is 14.6. The minimum absolute atomic E-state index is 0.124. The van der Waals surface area contributed by atoms with Gasteiger partial charge in [0.1, 0.15) is 23.7 Å². The molecule has 9 atom stereocenters. The molecule has 0 spiro atoms. The minimum Gasteiger partial charge on any atom is -0.508 e. The van der Waals surface area contributed by atoms with Crippen LogP contribution < -0.4 is 5.32 Å². The molecule has 2 aliphatic carbocycles. The van der Waals surface area contributed by atoms with Crippen molar-refractivity contribution in [3.63, 3.8) is 0 Å². The lowest BCUT2D eigenvalue weighted by Crippen LogP contribution is -2.53. The van der Waals surface area contributed by atoms with Crippen LogP contribution >= 0.6 is 0 Å². The van der Waals surface area contributed by atoms with Crippen LogP contribution in [0.25, 0.3) is 21.8 Å². The third kappa shape index (κ3) is 7.79. The van der Waals surface area contributed by atoms with Gasteiger partial charge in [0.25, 0.3) is 0 Å². The molecule has 2 aromatic heterocycles. The van der Waals surface area contributed by atoms with Crippen molar-refractivity contribution in [2.45, 2.75) is 128 Å². The van der Waals surface area contributed by atoms with Gasteiger partial charge in [0, 0.05) is 40.1 Å². The highest BCUT2D eigenvalue weighted by molar-refractivity contribution is 6.15. The fourth-order valence-electron chi connectivity index (χ4n) is 8.22. The number of phenolic OH excluding ortho intramolecular Hbond substituents is 1. The molecule has 0 saturated carbocycles. The number of hydrogen-bond acceptors (Lipinski definition) is 10. The van der Waals surface area contributed by atoms with Crippen LogP contribution in [-0.4, -0.2) is 86.4 Å². The van der Waals surface area contributed by atoms with E-state index in [1.165, 1.54) is 0 Å². The summed E-state index contributed by atoms with van der Waals surface area (Å²) >= 11 is 0. The molecule has 3 aromatic rings. The van der Waals surface area contributed by atoms with E-state index in [2.05, 4.69) is 52.8 Å². The third-order valence-corrected chi connectivity index (χ3v) is 11.0. The van der Waals surface area contributed by atoms with Gasteiger partial charge in [-0.2, -0.15) is 0 Å². The van der Waals surface area contributed by atoms with Crippen LogP contribution in [-0.2, 0) is 23.7 Å². The highest BCUT2D eigenvalue weighted by Crippen LogP contribution is 2.41. The SMILES string of the molecule is CC/C=C1\C2=C(C)C(=O)C[C@@]1(O)C#C/C=C\C#C[C@@H]2OC1OC(C)C(C(=O)c2nccc3c2[nH]c2ccc(O)cc23)CC1OC1CCC(NC(C)C)C(C)O1. The van der Waals surface area contributed by atoms with Gasteiger partial charge in [-0.05, 0) is 94.0 Å². The van der Waals surface area contributed by atoms with Gasteiger partial charge in [0.15, 0.2) is 29.7 Å². The van der Waals surface area contributed by atoms with Crippen LogP contribution in [0.3, 0.4) is 0 Å². The van der Waals surface area contributed by atoms with E-state index in [4.69, 9.17) is 18.9 Å². The number of nitrogens with one attached hydrogen (secondary N) is 2. The number of aliphatic hydroxyl groups is 1. The lowest BCUT2D eigenvalue weighted by molar-refractivity contribution is -0.305. The van der Waals surface area contributed by atoms with Gasteiger partial charge in [0.2, 0.25) is 0 Å². The van der Waals surface area contributed by atoms with Crippen LogP contribution in [0.1, 0.15) is 84.1 Å². The van der Waals surface area contributed by atoms with E-state index in [0.29, 0.717) is 41.1 Å². The molecule has 7 unspecified atom stereocenters. The van der Waals surface area contributed by atoms with E-state index in [1.807, 2.05) is 32.9 Å². The lowest BCUT2D eigenvalue weighted by Gasteiger charge is -2.44. The summed E-state index contributed by atoms with van der Waals surface area (Å²) in [5.41, 5.74) is 1.27. The average Bonchev–Trinajstić information content (AvgIpc) is 3.51. The minimum atomic E-state index is -1.72. The fraction of sp³-hybridized carbons (Fsp3) is 0.477. The molecule has 2 fully saturated rings. The Balaban J connectivity index is 1.23. The van der Waals surface area contributed by atoms with Gasteiger partial charge >= 0.3 is 0 Å². The summed E-state index contributed by atoms with van der Waals surface area (Å²) in [6.45, 7) is 11.7. The number of nitrogens with zero attached hydrogens (tertiary/aromatic N) is 1. The molecular weight excluding hydrogens is 698 g/mol. The first-order chi connectivity index (χ1) is 26.4. The molecule has 4 N–H and O–H groups in total. The second kappa shape index (κ2) is 15.9. The number of aromatic nitrogens is 2. The summed E-state index contributed by atoms with van der Waals surface area (Å²) in [6.07, 6.45) is 4.44. The Kier molecular flexibility index (Phi) is 11.2. The number of H-pyrrole nitrogens is 1. The van der Waals surface area contributed by atoms with Crippen molar-refractivity contribution in [1.29, 1.82) is 0 Å². The Bertz CT molecular complexity index is 2210. The number of rotatable bonds is 9. The van der Waals surface area contributed by atoms with Crippen LogP contribution in [0.15, 0.2) is 65.4 Å². The van der Waals surface area contributed by atoms with Crippen molar-refractivity contribution in [2.24, 2.45) is 5.92 Å². The van der Waals surface area contributed by atoms with Gasteiger partial charge in [-0.15, -0.1) is 0 Å². The normalized spacial score (nSPS) is 32.3. The van der Waals surface area contributed by atoms with E-state index in [0.717, 1.165) is 22.7 Å². The fourth-order valence-corrected chi connectivity index (χ4v) is 8.22. The van der Waals surface area contributed by atoms with Crippen LogP contribution in [0.2, 0.25) is 0 Å². The van der Waals surface area contributed by atoms with E-state index in [9.17, 15) is 19.8 Å². The Labute approximate surface area is 321 Å². The van der Waals surface area contributed by atoms with Gasteiger partial charge in [0.05, 0.1) is 30.1 Å². The van der Waals surface area contributed by atoms with Crippen molar-refractivity contribution < 1.29 is 38.7 Å². The predicted molar refractivity (Wildman–Crippen MR) is 208 cm³/mol. The van der Waals surface area contributed by atoms with Crippen molar-refractivity contribution in [1.82, 2.24) is 15.3 Å². The molecular formula is C44H49N3O8. The second-order valence-electron chi connectivity index (χ2n) is 15.2. The predicted octanol–water partition coefficient (Wildman–Crippen LogP) is 5.95. The monoisotopic (exact) mass is 747 g/mol. The first-order valence-corrected chi connectivity index (χ1v) is 19.2. The summed E-state index contributed by atoms with van der Waals surface area (Å²) in [6, 6.07) is 7.30. The number of pyridine rings is 1. The quantitative estimate of drug-likeness (QED) is 0.153. The lowest BCUT2D eigenvalue weighted by atomic mass is 9.73. The van der Waals surface area contributed by atoms with E-state index in [-0.39, 0.29) is 48.0 Å². The maximum atomic E-state index is 14.6. The zero-order chi connectivity index (χ0) is 39.0. The van der Waals surface area contributed by atoms with Gasteiger partial charge < -0.3 is 39.5 Å². The van der Waals surface area contributed by atoms with E-state index >= 15 is 0 Å². The number of ketones is 2. The van der Waals surface area contributed by atoms with Crippen molar-refractivity contribution in [2.75, 3.05) is 0 Å². The maximum Gasteiger partial charge on any atom is 0.189 e. The van der Waals surface area contributed by atoms with Crippen molar-refractivity contribution in [3.8, 4) is 29.4 Å². The second-order valence-corrected chi connectivity index (χ2v) is 15.2. The smallest absolute Gasteiger partial charge is 0.189 e. The van der Waals surface area contributed by atoms with Gasteiger partial charge in [-0.25, -0.2) is 0 Å². The molecule has 1 aromatic carbocycles. The number of carbonyl (C=O) groups is 2. The number of Topliss-reactive ketones (excluding diaryl/α,β-unsaturated/α-hetero) is 2. The molecule has 11 nitrogen and oxygen atoms in total. The Hall–Kier alpha value is -4.59. The third-order valence-electron chi connectivity index (χ3n) is 11.0. The molecule has 4 aliphatic rings. The topological polar surface area (TPSA) is 152 Å². The molecule has 0 amide bonds. The Morgan fingerprint density at radius 3 is 2.69 bits per heavy atom. The number of hydrogen-bond donors (Lipinski definition) is 4. The number of fused-ring (bicyclic) bond motifs is 5. The Morgan fingerprint density at radius 1 is 1.13 bits per heavy atom. The highest BCUT2D eigenvalue weighted by atomic mass is 16.7. The van der Waals surface area contributed by atoms with Gasteiger partial charge in [-0.3, -0.25) is 14.6 Å². The standard InChI is InChI=1S/C44H49N3O8/c1-7-12-32-39-25(4)35(49)23-44(32,51)19-11-9-8-10-13-36(39)55-43-37(54-38-17-16-33(27(6)52-38)46-24(2)3)22-30(26(5)53-43)42(50)41-40-29(18-20-45-41)31-21-28(48)14-15-34(31)47-40/h8-9,12,14-15,18,20-21,24,26-27,30,33,36-38,43,46-48,51H,7,16-17,22-23H2,1-6H3/b9-8-,32-12+/t26?,27?,30?,33?,36-,37?,38?,43?,44-/m0/s1. The summed E-state index contributed by atoms with van der Waals surface area (Å²) in [4.78, 5) is 35.8. The van der Waals surface area contributed by atoms with E-state index in [1.54, 1.807) is 43.5 Å². The van der Waals surface area contributed by atoms with E-state index < -0.39 is 42.4 Å². The molecule has 11 heteroatoms. The molecule has 2 aliphatic heterocycles. The van der Waals surface area contributed by atoms with Crippen molar-refractivity contribution in [3.05, 3.63) is 71.1 Å². The molecule has 2 bridgehead atoms. The summed E-state index contributed by atoms with van der Waals surface area (Å²) in [5, 5.41) is 27.1. The number of phenols is 1. The van der Waals surface area contributed by atoms with Crippen molar-refractivity contribution >= 4 is 33.4 Å². The number of aromatic hydroxyl groups is 1. The number of ether oxygens (including phenoxy) is 4.